The highest BCUT2D eigenvalue weighted by Gasteiger charge is 2.31. The molecule has 0 saturated carbocycles. The molecule has 7 nitrogen and oxygen atoms in total. The normalized spacial score (nSPS) is 20.8. The molecular weight excluding hydrogens is 493 g/mol. The molecule has 8 heteroatoms. The zero-order chi connectivity index (χ0) is 27.2. The molecule has 0 N–H and O–H groups in total. The van der Waals surface area contributed by atoms with Crippen LogP contribution in [0.1, 0.15) is 63.0 Å². The summed E-state index contributed by atoms with van der Waals surface area (Å²) in [7, 11) is 0. The van der Waals surface area contributed by atoms with Crippen molar-refractivity contribution in [3.8, 4) is 5.75 Å². The number of carbonyl (C=O) groups excluding carboxylic acids is 1. The van der Waals surface area contributed by atoms with E-state index in [0.717, 1.165) is 68.7 Å². The number of anilines is 1. The summed E-state index contributed by atoms with van der Waals surface area (Å²) < 4.78 is 21.1. The molecule has 3 heterocycles. The first-order chi connectivity index (χ1) is 19.0. The lowest BCUT2D eigenvalue weighted by molar-refractivity contribution is -0.136. The largest absolute Gasteiger partial charge is 0.493 e. The van der Waals surface area contributed by atoms with Gasteiger partial charge in [0.15, 0.2) is 0 Å². The van der Waals surface area contributed by atoms with Gasteiger partial charge >= 0.3 is 0 Å². The van der Waals surface area contributed by atoms with Gasteiger partial charge in [0.2, 0.25) is 17.9 Å². The number of rotatable bonds is 7. The third-order valence-electron chi connectivity index (χ3n) is 8.49. The summed E-state index contributed by atoms with van der Waals surface area (Å²) in [6.45, 7) is 13.0. The van der Waals surface area contributed by atoms with Crippen LogP contribution in [0, 0.1) is 24.2 Å². The number of aryl methyl sites for hydroxylation is 1. The lowest BCUT2D eigenvalue weighted by Crippen LogP contribution is -2.42. The van der Waals surface area contributed by atoms with Crippen molar-refractivity contribution in [2.24, 2.45) is 11.8 Å². The Labute approximate surface area is 230 Å². The molecule has 1 unspecified atom stereocenters. The van der Waals surface area contributed by atoms with Crippen molar-refractivity contribution in [2.75, 3.05) is 37.7 Å². The lowest BCUT2D eigenvalue weighted by Gasteiger charge is -2.32. The number of nitrogens with zero attached hydrogens (tertiary/aromatic N) is 5. The van der Waals surface area contributed by atoms with Crippen molar-refractivity contribution < 1.29 is 13.9 Å². The quantitative estimate of drug-likeness (QED) is 0.438. The van der Waals surface area contributed by atoms with Crippen LogP contribution in [0.5, 0.6) is 5.75 Å². The summed E-state index contributed by atoms with van der Waals surface area (Å²) >= 11 is 0. The standard InChI is InChI=1S/C31H38FN5O2/c1-3-22-19-34-31(35-20-22)37-14-10-23(11-15-37)21-39-27-8-9-28(29(32)18-27)24-4-6-25(7-5-24)30(38)36-16-12-26(33-2)13-17-36/h4,8-9,18-20,23,25-26H,3,5-7,10-17,21H2,1H3. The molecule has 1 aromatic carbocycles. The number of likely N-dealkylation sites (tertiary alicyclic amines) is 1. The van der Waals surface area contributed by atoms with Gasteiger partial charge in [0.05, 0.1) is 6.61 Å². The van der Waals surface area contributed by atoms with E-state index in [0.29, 0.717) is 49.8 Å². The van der Waals surface area contributed by atoms with Gasteiger partial charge in [0.1, 0.15) is 11.6 Å². The third-order valence-corrected chi connectivity index (χ3v) is 8.49. The van der Waals surface area contributed by atoms with Gasteiger partial charge < -0.3 is 19.4 Å². The molecule has 0 spiro atoms. The monoisotopic (exact) mass is 531 g/mol. The van der Waals surface area contributed by atoms with Crippen molar-refractivity contribution >= 4 is 17.4 Å². The summed E-state index contributed by atoms with van der Waals surface area (Å²) in [6.07, 6.45) is 12.4. The first-order valence-corrected chi connectivity index (χ1v) is 14.4. The van der Waals surface area contributed by atoms with Gasteiger partial charge in [-0.3, -0.25) is 4.79 Å². The van der Waals surface area contributed by atoms with E-state index in [2.05, 4.69) is 26.6 Å². The van der Waals surface area contributed by atoms with Crippen LogP contribution in [-0.4, -0.2) is 59.6 Å². The zero-order valence-electron chi connectivity index (χ0n) is 22.8. The number of halogens is 1. The van der Waals surface area contributed by atoms with Crippen LogP contribution in [-0.2, 0) is 11.2 Å². The number of benzene rings is 1. The van der Waals surface area contributed by atoms with Crippen molar-refractivity contribution in [3.63, 3.8) is 0 Å². The fourth-order valence-corrected chi connectivity index (χ4v) is 5.83. The minimum Gasteiger partial charge on any atom is -0.493 e. The second-order valence-electron chi connectivity index (χ2n) is 11.0. The lowest BCUT2D eigenvalue weighted by atomic mass is 9.85. The molecule has 206 valence electrons. The minimum absolute atomic E-state index is 0.0439. The van der Waals surface area contributed by atoms with Gasteiger partial charge in [-0.1, -0.05) is 13.0 Å². The summed E-state index contributed by atoms with van der Waals surface area (Å²) in [5, 5.41) is 0. The molecule has 0 radical (unpaired) electrons. The first kappa shape index (κ1) is 27.1. The average Bonchev–Trinajstić information content (AvgIpc) is 3.00. The van der Waals surface area contributed by atoms with E-state index in [1.54, 1.807) is 0 Å². The predicted octanol–water partition coefficient (Wildman–Crippen LogP) is 5.57. The molecule has 1 aromatic heterocycles. The number of carbonyl (C=O) groups is 1. The average molecular weight is 532 g/mol. The summed E-state index contributed by atoms with van der Waals surface area (Å²) in [5.41, 5.74) is 2.72. The van der Waals surface area contributed by atoms with Gasteiger partial charge in [-0.2, -0.15) is 0 Å². The van der Waals surface area contributed by atoms with Gasteiger partial charge in [-0.25, -0.2) is 20.9 Å². The topological polar surface area (TPSA) is 62.9 Å². The van der Waals surface area contributed by atoms with Crippen molar-refractivity contribution in [1.29, 1.82) is 0 Å². The Hall–Kier alpha value is -3.47. The molecule has 3 aliphatic rings. The highest BCUT2D eigenvalue weighted by molar-refractivity contribution is 5.81. The number of hydrogen-bond donors (Lipinski definition) is 0. The molecule has 1 aliphatic carbocycles. The van der Waals surface area contributed by atoms with E-state index in [9.17, 15) is 4.79 Å². The van der Waals surface area contributed by atoms with E-state index < -0.39 is 0 Å². The molecule has 39 heavy (non-hydrogen) atoms. The molecule has 0 bridgehead atoms. The summed E-state index contributed by atoms with van der Waals surface area (Å²) in [6, 6.07) is 5.22. The molecule has 1 atom stereocenters. The number of ether oxygens (including phenoxy) is 1. The van der Waals surface area contributed by atoms with Gasteiger partial charge in [0.25, 0.3) is 0 Å². The van der Waals surface area contributed by atoms with E-state index in [1.807, 2.05) is 35.5 Å². The Bertz CT molecular complexity index is 1210. The van der Waals surface area contributed by atoms with Gasteiger partial charge in [-0.05, 0) is 67.7 Å². The van der Waals surface area contributed by atoms with Crippen LogP contribution < -0.4 is 9.64 Å². The smallest absolute Gasteiger partial charge is 0.227 e. The number of amides is 1. The van der Waals surface area contributed by atoms with Crippen LogP contribution in [0.4, 0.5) is 10.3 Å². The van der Waals surface area contributed by atoms with Crippen molar-refractivity contribution in [2.45, 2.75) is 64.3 Å². The molecular formula is C31H38FN5O2. The van der Waals surface area contributed by atoms with E-state index in [4.69, 9.17) is 11.3 Å². The zero-order valence-corrected chi connectivity index (χ0v) is 22.8. The van der Waals surface area contributed by atoms with E-state index in [-0.39, 0.29) is 23.7 Å². The third kappa shape index (κ3) is 6.58. The minimum atomic E-state index is -0.271. The van der Waals surface area contributed by atoms with E-state index >= 15 is 4.39 Å². The summed E-state index contributed by atoms with van der Waals surface area (Å²) in [4.78, 5) is 29.7. The fraction of sp³-hybridized carbons (Fsp3) is 0.548. The Morgan fingerprint density at radius 2 is 1.85 bits per heavy atom. The van der Waals surface area contributed by atoms with Crippen LogP contribution in [0.2, 0.25) is 0 Å². The number of aromatic nitrogens is 2. The Kier molecular flexibility index (Phi) is 8.75. The predicted molar refractivity (Wildman–Crippen MR) is 150 cm³/mol. The van der Waals surface area contributed by atoms with E-state index in [1.165, 1.54) is 6.07 Å². The maximum atomic E-state index is 15.1. The first-order valence-electron chi connectivity index (χ1n) is 14.4. The van der Waals surface area contributed by atoms with Crippen LogP contribution >= 0.6 is 0 Å². The van der Waals surface area contributed by atoms with Crippen LogP contribution in [0.15, 0.2) is 36.7 Å². The van der Waals surface area contributed by atoms with Crippen LogP contribution in [0.3, 0.4) is 0 Å². The second-order valence-corrected chi connectivity index (χ2v) is 11.0. The number of piperidine rings is 2. The molecule has 2 aromatic rings. The number of allylic oxidation sites excluding steroid dienone is 2. The SMILES string of the molecule is [C-]#[N+]C1CCN(C(=O)C2CC=C(c3ccc(OCC4CCN(c5ncc(CC)cn5)CC4)cc3F)CC2)CC1. The second kappa shape index (κ2) is 12.6. The highest BCUT2D eigenvalue weighted by atomic mass is 19.1. The summed E-state index contributed by atoms with van der Waals surface area (Å²) in [5.74, 6) is 1.64. The van der Waals surface area contributed by atoms with Crippen LogP contribution in [0.25, 0.3) is 10.4 Å². The maximum Gasteiger partial charge on any atom is 0.227 e. The number of hydrogen-bond acceptors (Lipinski definition) is 5. The molecule has 2 aliphatic heterocycles. The molecule has 5 rings (SSSR count). The molecule has 2 saturated heterocycles. The van der Waals surface area contributed by atoms with Crippen molar-refractivity contribution in [3.05, 3.63) is 65.0 Å². The molecule has 2 fully saturated rings. The van der Waals surface area contributed by atoms with Gasteiger partial charge in [-0.15, -0.1) is 0 Å². The fourth-order valence-electron chi connectivity index (χ4n) is 5.83. The Balaban J connectivity index is 1.09. The Morgan fingerprint density at radius 3 is 2.46 bits per heavy atom. The maximum absolute atomic E-state index is 15.1. The van der Waals surface area contributed by atoms with Crippen molar-refractivity contribution in [1.82, 2.24) is 14.9 Å². The Morgan fingerprint density at radius 1 is 1.10 bits per heavy atom. The molecule has 1 amide bonds. The highest BCUT2D eigenvalue weighted by Crippen LogP contribution is 2.34. The van der Waals surface area contributed by atoms with Gasteiger partial charge in [0, 0.05) is 69.0 Å².